The number of pyridine rings is 1. The minimum atomic E-state index is -0.441. The Kier molecular flexibility index (Phi) is 5.10. The average molecular weight is 236 g/mol. The lowest BCUT2D eigenvalue weighted by atomic mass is 10.0. The lowest BCUT2D eigenvalue weighted by Gasteiger charge is -2.21. The molecule has 1 aromatic rings. The van der Waals surface area contributed by atoms with Gasteiger partial charge >= 0.3 is 5.97 Å². The van der Waals surface area contributed by atoms with Gasteiger partial charge in [-0.25, -0.2) is 4.79 Å². The standard InChI is InChI=1S/C13H20N2O2/c1-5-17-13(16)12(15-9(2)3)11-8-14-7-6-10(11)4/h6-9,12,15H,5H2,1-4H3. The Balaban J connectivity index is 2.97. The number of esters is 1. The zero-order chi connectivity index (χ0) is 12.8. The molecule has 1 heterocycles. The van der Waals surface area contributed by atoms with Gasteiger partial charge in [0, 0.05) is 24.0 Å². The molecule has 0 saturated heterocycles. The molecule has 0 spiro atoms. The Hall–Kier alpha value is -1.42. The van der Waals surface area contributed by atoms with E-state index in [0.29, 0.717) is 6.61 Å². The molecule has 17 heavy (non-hydrogen) atoms. The number of hydrogen-bond acceptors (Lipinski definition) is 4. The van der Waals surface area contributed by atoms with Gasteiger partial charge in [0.25, 0.3) is 0 Å². The predicted octanol–water partition coefficient (Wildman–Crippen LogP) is 1.99. The maximum absolute atomic E-state index is 11.9. The molecule has 0 radical (unpaired) electrons. The van der Waals surface area contributed by atoms with Gasteiger partial charge in [-0.2, -0.15) is 0 Å². The van der Waals surface area contributed by atoms with Crippen molar-refractivity contribution < 1.29 is 9.53 Å². The van der Waals surface area contributed by atoms with Crippen molar-refractivity contribution in [1.29, 1.82) is 0 Å². The molecule has 0 bridgehead atoms. The van der Waals surface area contributed by atoms with Gasteiger partial charge in [-0.3, -0.25) is 10.3 Å². The Bertz CT molecular complexity index is 377. The van der Waals surface area contributed by atoms with Crippen LogP contribution in [0.5, 0.6) is 0 Å². The van der Waals surface area contributed by atoms with Crippen molar-refractivity contribution in [2.24, 2.45) is 0 Å². The fourth-order valence-corrected chi connectivity index (χ4v) is 1.62. The predicted molar refractivity (Wildman–Crippen MR) is 66.6 cm³/mol. The molecular formula is C13H20N2O2. The van der Waals surface area contributed by atoms with Crippen LogP contribution in [0.4, 0.5) is 0 Å². The summed E-state index contributed by atoms with van der Waals surface area (Å²) >= 11 is 0. The van der Waals surface area contributed by atoms with Crippen LogP contribution < -0.4 is 5.32 Å². The Morgan fingerprint density at radius 2 is 2.24 bits per heavy atom. The van der Waals surface area contributed by atoms with Crippen LogP contribution in [0.1, 0.15) is 37.9 Å². The molecular weight excluding hydrogens is 216 g/mol. The lowest BCUT2D eigenvalue weighted by molar-refractivity contribution is -0.146. The van der Waals surface area contributed by atoms with Crippen molar-refractivity contribution in [3.63, 3.8) is 0 Å². The highest BCUT2D eigenvalue weighted by Crippen LogP contribution is 2.18. The van der Waals surface area contributed by atoms with Crippen molar-refractivity contribution in [2.75, 3.05) is 6.61 Å². The van der Waals surface area contributed by atoms with Crippen LogP contribution in [-0.4, -0.2) is 23.6 Å². The monoisotopic (exact) mass is 236 g/mol. The van der Waals surface area contributed by atoms with Crippen molar-refractivity contribution >= 4 is 5.97 Å². The van der Waals surface area contributed by atoms with Crippen LogP contribution >= 0.6 is 0 Å². The van der Waals surface area contributed by atoms with Gasteiger partial charge in [0.2, 0.25) is 0 Å². The van der Waals surface area contributed by atoms with Gasteiger partial charge < -0.3 is 4.74 Å². The van der Waals surface area contributed by atoms with E-state index in [1.165, 1.54) is 0 Å². The maximum Gasteiger partial charge on any atom is 0.327 e. The fraction of sp³-hybridized carbons (Fsp3) is 0.538. The molecule has 1 N–H and O–H groups in total. The van der Waals surface area contributed by atoms with E-state index >= 15 is 0 Å². The first-order valence-electron chi connectivity index (χ1n) is 5.89. The summed E-state index contributed by atoms with van der Waals surface area (Å²) in [6.07, 6.45) is 3.43. The van der Waals surface area contributed by atoms with Gasteiger partial charge in [-0.15, -0.1) is 0 Å². The van der Waals surface area contributed by atoms with Crippen molar-refractivity contribution in [1.82, 2.24) is 10.3 Å². The van der Waals surface area contributed by atoms with Crippen LogP contribution in [-0.2, 0) is 9.53 Å². The Labute approximate surface area is 102 Å². The lowest BCUT2D eigenvalue weighted by Crippen LogP contribution is -2.35. The molecule has 0 fully saturated rings. The van der Waals surface area contributed by atoms with E-state index in [1.807, 2.05) is 26.8 Å². The number of nitrogens with zero attached hydrogens (tertiary/aromatic N) is 1. The first-order chi connectivity index (χ1) is 8.06. The van der Waals surface area contributed by atoms with Gasteiger partial charge in [-0.05, 0) is 39.3 Å². The Morgan fingerprint density at radius 1 is 1.53 bits per heavy atom. The minimum Gasteiger partial charge on any atom is -0.465 e. The van der Waals surface area contributed by atoms with Crippen LogP contribution in [0, 0.1) is 6.92 Å². The summed E-state index contributed by atoms with van der Waals surface area (Å²) in [6, 6.07) is 1.65. The molecule has 0 aliphatic carbocycles. The summed E-state index contributed by atoms with van der Waals surface area (Å²) in [5, 5.41) is 3.21. The Morgan fingerprint density at radius 3 is 2.76 bits per heavy atom. The third-order valence-electron chi connectivity index (χ3n) is 2.41. The van der Waals surface area contributed by atoms with Crippen molar-refractivity contribution in [3.05, 3.63) is 29.6 Å². The molecule has 1 atom stereocenters. The van der Waals surface area contributed by atoms with Gasteiger partial charge in [0.05, 0.1) is 6.61 Å². The first-order valence-corrected chi connectivity index (χ1v) is 5.89. The molecule has 0 saturated carbocycles. The first kappa shape index (κ1) is 13.6. The molecule has 1 unspecified atom stereocenters. The number of carbonyl (C=O) groups excluding carboxylic acids is 1. The maximum atomic E-state index is 11.9. The number of rotatable bonds is 5. The largest absolute Gasteiger partial charge is 0.465 e. The van der Waals surface area contributed by atoms with Crippen LogP contribution in [0.15, 0.2) is 18.5 Å². The third kappa shape index (κ3) is 3.82. The summed E-state index contributed by atoms with van der Waals surface area (Å²) in [7, 11) is 0. The summed E-state index contributed by atoms with van der Waals surface area (Å²) in [5.74, 6) is -0.252. The van der Waals surface area contributed by atoms with Crippen molar-refractivity contribution in [3.8, 4) is 0 Å². The second-order valence-corrected chi connectivity index (χ2v) is 4.24. The van der Waals surface area contributed by atoms with E-state index in [-0.39, 0.29) is 12.0 Å². The number of ether oxygens (including phenoxy) is 1. The summed E-state index contributed by atoms with van der Waals surface area (Å²) in [5.41, 5.74) is 1.91. The molecule has 0 amide bonds. The molecule has 1 aromatic heterocycles. The quantitative estimate of drug-likeness (QED) is 0.794. The second kappa shape index (κ2) is 6.35. The zero-order valence-corrected chi connectivity index (χ0v) is 10.9. The normalized spacial score (nSPS) is 12.5. The highest BCUT2D eigenvalue weighted by atomic mass is 16.5. The molecule has 94 valence electrons. The average Bonchev–Trinajstić information content (AvgIpc) is 2.27. The number of carbonyl (C=O) groups is 1. The number of aromatic nitrogens is 1. The van der Waals surface area contributed by atoms with E-state index < -0.39 is 6.04 Å². The zero-order valence-electron chi connectivity index (χ0n) is 10.9. The van der Waals surface area contributed by atoms with Crippen LogP contribution in [0.25, 0.3) is 0 Å². The molecule has 0 aliphatic rings. The third-order valence-corrected chi connectivity index (χ3v) is 2.41. The molecule has 4 nitrogen and oxygen atoms in total. The van der Waals surface area contributed by atoms with Crippen LogP contribution in [0.2, 0.25) is 0 Å². The topological polar surface area (TPSA) is 51.2 Å². The van der Waals surface area contributed by atoms with E-state index in [4.69, 9.17) is 4.74 Å². The van der Waals surface area contributed by atoms with Crippen molar-refractivity contribution in [2.45, 2.75) is 39.8 Å². The van der Waals surface area contributed by atoms with E-state index in [0.717, 1.165) is 11.1 Å². The smallest absolute Gasteiger partial charge is 0.327 e. The molecule has 1 rings (SSSR count). The SMILES string of the molecule is CCOC(=O)C(NC(C)C)c1cnccc1C. The number of aryl methyl sites for hydroxylation is 1. The van der Waals surface area contributed by atoms with E-state index in [2.05, 4.69) is 10.3 Å². The number of hydrogen-bond donors (Lipinski definition) is 1. The molecule has 0 aromatic carbocycles. The highest BCUT2D eigenvalue weighted by Gasteiger charge is 2.24. The fourth-order valence-electron chi connectivity index (χ4n) is 1.62. The highest BCUT2D eigenvalue weighted by molar-refractivity contribution is 5.78. The summed E-state index contributed by atoms with van der Waals surface area (Å²) in [6.45, 7) is 8.15. The molecule has 4 heteroatoms. The number of nitrogens with one attached hydrogen (secondary N) is 1. The van der Waals surface area contributed by atoms with E-state index in [1.54, 1.807) is 19.3 Å². The van der Waals surface area contributed by atoms with Gasteiger partial charge in [0.15, 0.2) is 0 Å². The summed E-state index contributed by atoms with van der Waals surface area (Å²) in [4.78, 5) is 16.0. The molecule has 0 aliphatic heterocycles. The minimum absolute atomic E-state index is 0.198. The summed E-state index contributed by atoms with van der Waals surface area (Å²) < 4.78 is 5.09. The second-order valence-electron chi connectivity index (χ2n) is 4.24. The van der Waals surface area contributed by atoms with Gasteiger partial charge in [-0.1, -0.05) is 0 Å². The van der Waals surface area contributed by atoms with Gasteiger partial charge in [0.1, 0.15) is 6.04 Å². The van der Waals surface area contributed by atoms with E-state index in [9.17, 15) is 4.79 Å². The van der Waals surface area contributed by atoms with Crippen LogP contribution in [0.3, 0.4) is 0 Å².